The fourth-order valence-electron chi connectivity index (χ4n) is 10.5. The molecule has 0 fully saturated rings. The van der Waals surface area contributed by atoms with Crippen molar-refractivity contribution in [3.05, 3.63) is 272 Å². The van der Waals surface area contributed by atoms with E-state index in [0.717, 1.165) is 66.5 Å². The Balaban J connectivity index is 0.950. The molecule has 12 aromatic carbocycles. The molecule has 1 aromatic heterocycles. The number of oxazole rings is 1. The van der Waals surface area contributed by atoms with Crippen molar-refractivity contribution in [3.8, 4) is 67.1 Å². The molecule has 3 nitrogen and oxygen atoms in total. The zero-order chi connectivity index (χ0) is 47.1. The molecule has 3 heteroatoms. The lowest BCUT2D eigenvalue weighted by Gasteiger charge is -2.30. The predicted molar refractivity (Wildman–Crippen MR) is 298 cm³/mol. The van der Waals surface area contributed by atoms with Gasteiger partial charge in [-0.3, -0.25) is 0 Å². The van der Waals surface area contributed by atoms with Crippen molar-refractivity contribution in [2.24, 2.45) is 0 Å². The minimum atomic E-state index is 0.619. The molecule has 0 amide bonds. The van der Waals surface area contributed by atoms with Gasteiger partial charge in [-0.15, -0.1) is 0 Å². The van der Waals surface area contributed by atoms with E-state index < -0.39 is 0 Å². The quantitative estimate of drug-likeness (QED) is 0.137. The molecular weight excluding hydrogens is 861 g/mol. The van der Waals surface area contributed by atoms with Crippen LogP contribution in [0.1, 0.15) is 5.56 Å². The maximum Gasteiger partial charge on any atom is 0.227 e. The lowest BCUT2D eigenvalue weighted by molar-refractivity contribution is 0.620. The fraction of sp³-hybridized carbons (Fsp3) is 0.0147. The van der Waals surface area contributed by atoms with Gasteiger partial charge in [0.05, 0.1) is 0 Å². The van der Waals surface area contributed by atoms with E-state index >= 15 is 0 Å². The first kappa shape index (κ1) is 41.8. The molecule has 13 aromatic rings. The van der Waals surface area contributed by atoms with Crippen LogP contribution in [0, 0.1) is 0 Å². The first-order chi connectivity index (χ1) is 35.2. The largest absolute Gasteiger partial charge is 0.436 e. The highest BCUT2D eigenvalue weighted by Gasteiger charge is 2.22. The number of hydrogen-bond acceptors (Lipinski definition) is 3. The number of hydrogen-bond donors (Lipinski definition) is 0. The fourth-order valence-corrected chi connectivity index (χ4v) is 10.5. The topological polar surface area (TPSA) is 29.3 Å². The number of nitrogens with zero attached hydrogens (tertiary/aromatic N) is 2. The lowest BCUT2D eigenvalue weighted by Crippen LogP contribution is -2.18. The van der Waals surface area contributed by atoms with Crippen LogP contribution in [0.3, 0.4) is 0 Å². The number of benzene rings is 12. The molecule has 0 radical (unpaired) electrons. The van der Waals surface area contributed by atoms with Crippen LogP contribution in [0.25, 0.3) is 111 Å². The molecular formula is C68H46N2O. The highest BCUT2D eigenvalue weighted by atomic mass is 16.3. The summed E-state index contributed by atoms with van der Waals surface area (Å²) in [5.74, 6) is 0.619. The van der Waals surface area contributed by atoms with E-state index in [2.05, 4.69) is 272 Å². The molecule has 0 unspecified atom stereocenters. The summed E-state index contributed by atoms with van der Waals surface area (Å²) in [6.45, 7) is 0.627. The summed E-state index contributed by atoms with van der Waals surface area (Å²) >= 11 is 0. The summed E-state index contributed by atoms with van der Waals surface area (Å²) in [7, 11) is 0. The number of rotatable bonds is 10. The third-order valence-corrected chi connectivity index (χ3v) is 14.0. The summed E-state index contributed by atoms with van der Waals surface area (Å²) in [5.41, 5.74) is 17.8. The Morgan fingerprint density at radius 1 is 0.324 bits per heavy atom. The molecule has 0 aliphatic carbocycles. The second-order valence-electron chi connectivity index (χ2n) is 18.2. The molecule has 0 N–H and O–H groups in total. The number of fused-ring (bicyclic) bond motifs is 5. The van der Waals surface area contributed by atoms with Gasteiger partial charge in [0.2, 0.25) is 5.89 Å². The van der Waals surface area contributed by atoms with Crippen molar-refractivity contribution in [1.82, 2.24) is 4.98 Å². The van der Waals surface area contributed by atoms with Crippen molar-refractivity contribution >= 4 is 54.8 Å². The van der Waals surface area contributed by atoms with Gasteiger partial charge in [0.25, 0.3) is 0 Å². The molecule has 0 atom stereocenters. The average Bonchev–Trinajstić information content (AvgIpc) is 3.90. The van der Waals surface area contributed by atoms with Gasteiger partial charge in [-0.05, 0) is 131 Å². The van der Waals surface area contributed by atoms with Gasteiger partial charge in [0.15, 0.2) is 5.58 Å². The van der Waals surface area contributed by atoms with Gasteiger partial charge >= 0.3 is 0 Å². The van der Waals surface area contributed by atoms with Crippen LogP contribution in [0.15, 0.2) is 271 Å². The van der Waals surface area contributed by atoms with Crippen LogP contribution < -0.4 is 4.90 Å². The van der Waals surface area contributed by atoms with Crippen LogP contribution >= 0.6 is 0 Å². The summed E-state index contributed by atoms with van der Waals surface area (Å²) in [4.78, 5) is 7.66. The van der Waals surface area contributed by atoms with Gasteiger partial charge in [0, 0.05) is 34.4 Å². The smallest absolute Gasteiger partial charge is 0.227 e. The number of anilines is 2. The highest BCUT2D eigenvalue weighted by Crippen LogP contribution is 2.45. The van der Waals surface area contributed by atoms with Crippen molar-refractivity contribution in [2.45, 2.75) is 6.54 Å². The van der Waals surface area contributed by atoms with Crippen LogP contribution in [-0.2, 0) is 6.54 Å². The zero-order valence-electron chi connectivity index (χ0n) is 38.9. The Morgan fingerprint density at radius 2 is 0.901 bits per heavy atom. The van der Waals surface area contributed by atoms with E-state index in [-0.39, 0.29) is 0 Å². The lowest BCUT2D eigenvalue weighted by atomic mass is 9.90. The normalized spacial score (nSPS) is 11.4. The molecule has 0 bridgehead atoms. The van der Waals surface area contributed by atoms with Crippen LogP contribution in [0.5, 0.6) is 0 Å². The van der Waals surface area contributed by atoms with E-state index in [1.54, 1.807) is 0 Å². The highest BCUT2D eigenvalue weighted by molar-refractivity contribution is 6.11. The van der Waals surface area contributed by atoms with E-state index in [1.807, 2.05) is 0 Å². The minimum absolute atomic E-state index is 0.619. The molecule has 0 saturated heterocycles. The van der Waals surface area contributed by atoms with Crippen LogP contribution in [0.4, 0.5) is 11.4 Å². The summed E-state index contributed by atoms with van der Waals surface area (Å²) in [5, 5.41) is 7.01. The Bertz CT molecular complexity index is 4070. The molecule has 0 spiro atoms. The Morgan fingerprint density at radius 3 is 1.72 bits per heavy atom. The average molecular weight is 907 g/mol. The second-order valence-corrected chi connectivity index (χ2v) is 18.2. The summed E-state index contributed by atoms with van der Waals surface area (Å²) in [6, 6.07) is 96.2. The SMILES string of the molecule is c1ccc(-c2ccc(N(Cc3ccc(-c4cccc5ccccc45)cc3-c3ccccc3)c3ccccc3-c3ccccc3-c3cccc4c3ccc3oc(-c5ccc6ccccc6c5)nc34)cc2)cc1. The number of para-hydroxylation sites is 1. The Kier molecular flexibility index (Phi) is 10.6. The van der Waals surface area contributed by atoms with E-state index in [1.165, 1.54) is 55.1 Å². The predicted octanol–water partition coefficient (Wildman–Crippen LogP) is 18.6. The summed E-state index contributed by atoms with van der Waals surface area (Å²) < 4.78 is 6.48. The zero-order valence-corrected chi connectivity index (χ0v) is 38.9. The van der Waals surface area contributed by atoms with Crippen LogP contribution in [-0.4, -0.2) is 4.98 Å². The molecule has 0 aliphatic rings. The second kappa shape index (κ2) is 18.0. The van der Waals surface area contributed by atoms with E-state index in [4.69, 9.17) is 9.40 Å². The van der Waals surface area contributed by atoms with Crippen LogP contribution in [0.2, 0.25) is 0 Å². The molecule has 13 rings (SSSR count). The van der Waals surface area contributed by atoms with Crippen molar-refractivity contribution in [2.75, 3.05) is 4.90 Å². The minimum Gasteiger partial charge on any atom is -0.436 e. The van der Waals surface area contributed by atoms with Gasteiger partial charge < -0.3 is 9.32 Å². The third-order valence-electron chi connectivity index (χ3n) is 14.0. The molecule has 0 aliphatic heterocycles. The molecule has 1 heterocycles. The molecule has 334 valence electrons. The molecule has 0 saturated carbocycles. The van der Waals surface area contributed by atoms with Gasteiger partial charge in [-0.25, -0.2) is 4.98 Å². The first-order valence-electron chi connectivity index (χ1n) is 24.3. The van der Waals surface area contributed by atoms with Crippen molar-refractivity contribution in [3.63, 3.8) is 0 Å². The van der Waals surface area contributed by atoms with Gasteiger partial charge in [0.1, 0.15) is 5.52 Å². The van der Waals surface area contributed by atoms with Gasteiger partial charge in [-0.1, -0.05) is 218 Å². The van der Waals surface area contributed by atoms with Gasteiger partial charge in [-0.2, -0.15) is 0 Å². The monoisotopic (exact) mass is 906 g/mol. The standard InChI is InChI=1S/C68H46N2O/c1-3-17-46(18-4-1)48-37-39-55(40-38-48)70(45-54-36-34-52(44-64(54)50-20-5-2-6-21-50)57-29-15-24-49-22-9-10-25-56(49)57)65-32-14-13-28-62(65)60-27-12-11-26-58(60)59-30-16-31-63-61(59)41-42-66-67(63)69-68(71-66)53-35-33-47-19-7-8-23-51(47)43-53/h1-44H,45H2. The molecule has 71 heavy (non-hydrogen) atoms. The third kappa shape index (κ3) is 7.80. The first-order valence-corrected chi connectivity index (χ1v) is 24.3. The Hall–Kier alpha value is -9.31. The summed E-state index contributed by atoms with van der Waals surface area (Å²) in [6.07, 6.45) is 0. The van der Waals surface area contributed by atoms with E-state index in [0.29, 0.717) is 12.4 Å². The Labute approximate surface area is 413 Å². The maximum atomic E-state index is 6.48. The number of aromatic nitrogens is 1. The van der Waals surface area contributed by atoms with E-state index in [9.17, 15) is 0 Å². The van der Waals surface area contributed by atoms with Crippen molar-refractivity contribution < 1.29 is 4.42 Å². The maximum absolute atomic E-state index is 6.48. The van der Waals surface area contributed by atoms with Crippen molar-refractivity contribution in [1.29, 1.82) is 0 Å².